The first-order valence-electron chi connectivity index (χ1n) is 6.41. The van der Waals surface area contributed by atoms with Gasteiger partial charge in [0.25, 0.3) is 0 Å². The van der Waals surface area contributed by atoms with Gasteiger partial charge in [0.2, 0.25) is 0 Å². The smallest absolute Gasteiger partial charge is 0.0707 e. The van der Waals surface area contributed by atoms with Crippen molar-refractivity contribution in [2.75, 3.05) is 19.6 Å². The predicted molar refractivity (Wildman–Crippen MR) is 61.8 cm³/mol. The molecule has 3 nitrogen and oxygen atoms in total. The van der Waals surface area contributed by atoms with Crippen LogP contribution in [-0.4, -0.2) is 42.8 Å². The lowest BCUT2D eigenvalue weighted by Gasteiger charge is -2.33. The molecule has 0 radical (unpaired) electrons. The second kappa shape index (κ2) is 5.28. The van der Waals surface area contributed by atoms with E-state index in [0.717, 1.165) is 19.6 Å². The van der Waals surface area contributed by atoms with Crippen LogP contribution in [-0.2, 0) is 4.74 Å². The number of nitrogens with two attached hydrogens (primary N) is 1. The van der Waals surface area contributed by atoms with Crippen LogP contribution >= 0.6 is 0 Å². The maximum atomic E-state index is 6.12. The Hall–Kier alpha value is -0.120. The zero-order chi connectivity index (χ0) is 10.7. The minimum atomic E-state index is 0.363. The molecule has 0 saturated carbocycles. The van der Waals surface area contributed by atoms with E-state index in [1.54, 1.807) is 0 Å². The minimum Gasteiger partial charge on any atom is -0.372 e. The predicted octanol–water partition coefficient (Wildman–Crippen LogP) is 1.37. The van der Waals surface area contributed by atoms with Crippen LogP contribution < -0.4 is 5.73 Å². The van der Waals surface area contributed by atoms with Crippen LogP contribution in [0.25, 0.3) is 0 Å². The number of morpholine rings is 1. The number of nitrogens with zero attached hydrogens (tertiary/aromatic N) is 1. The van der Waals surface area contributed by atoms with Crippen molar-refractivity contribution in [2.45, 2.75) is 57.3 Å². The fourth-order valence-corrected chi connectivity index (χ4v) is 2.74. The Balaban J connectivity index is 1.70. The standard InChI is InChI=1S/C12H24N2O/c1-2-3-4-10(13)7-14-8-11-5-6-12(9-14)15-11/h10-12H,2-9,13H2,1H3. The highest BCUT2D eigenvalue weighted by molar-refractivity contribution is 4.86. The summed E-state index contributed by atoms with van der Waals surface area (Å²) in [7, 11) is 0. The van der Waals surface area contributed by atoms with Crippen LogP contribution in [0.1, 0.15) is 39.0 Å². The summed E-state index contributed by atoms with van der Waals surface area (Å²) in [4.78, 5) is 2.51. The Kier molecular flexibility index (Phi) is 4.00. The molecule has 2 fully saturated rings. The van der Waals surface area contributed by atoms with Crippen molar-refractivity contribution in [2.24, 2.45) is 5.73 Å². The third kappa shape index (κ3) is 3.16. The first-order valence-corrected chi connectivity index (χ1v) is 6.41. The molecule has 2 aliphatic rings. The number of hydrogen-bond donors (Lipinski definition) is 1. The van der Waals surface area contributed by atoms with Gasteiger partial charge in [-0.3, -0.25) is 4.90 Å². The summed E-state index contributed by atoms with van der Waals surface area (Å²) in [5, 5.41) is 0. The van der Waals surface area contributed by atoms with Gasteiger partial charge < -0.3 is 10.5 Å². The molecule has 2 saturated heterocycles. The van der Waals surface area contributed by atoms with Gasteiger partial charge in [-0.15, -0.1) is 0 Å². The molecule has 0 amide bonds. The summed E-state index contributed by atoms with van der Waals surface area (Å²) in [5.41, 5.74) is 6.12. The van der Waals surface area contributed by atoms with Crippen molar-refractivity contribution in [1.29, 1.82) is 0 Å². The van der Waals surface area contributed by atoms with E-state index in [-0.39, 0.29) is 0 Å². The summed E-state index contributed by atoms with van der Waals surface area (Å²) in [6.07, 6.45) is 7.20. The second-order valence-corrected chi connectivity index (χ2v) is 5.08. The first kappa shape index (κ1) is 11.4. The Morgan fingerprint density at radius 2 is 2.00 bits per heavy atom. The average molecular weight is 212 g/mol. The second-order valence-electron chi connectivity index (χ2n) is 5.08. The quantitative estimate of drug-likeness (QED) is 0.748. The largest absolute Gasteiger partial charge is 0.372 e. The summed E-state index contributed by atoms with van der Waals surface area (Å²) in [5.74, 6) is 0. The normalized spacial score (nSPS) is 33.2. The van der Waals surface area contributed by atoms with Crippen LogP contribution in [0.4, 0.5) is 0 Å². The molecule has 2 heterocycles. The molecule has 0 aromatic heterocycles. The van der Waals surface area contributed by atoms with Crippen molar-refractivity contribution >= 4 is 0 Å². The third-order valence-electron chi connectivity index (χ3n) is 3.54. The van der Waals surface area contributed by atoms with Gasteiger partial charge in [-0.1, -0.05) is 19.8 Å². The molecule has 3 unspecified atom stereocenters. The molecular weight excluding hydrogens is 188 g/mol. The number of fused-ring (bicyclic) bond motifs is 2. The Morgan fingerprint density at radius 3 is 2.60 bits per heavy atom. The number of rotatable bonds is 5. The molecule has 2 aliphatic heterocycles. The summed E-state index contributed by atoms with van der Waals surface area (Å²) < 4.78 is 5.81. The lowest BCUT2D eigenvalue weighted by Crippen LogP contribution is -2.47. The van der Waals surface area contributed by atoms with E-state index in [9.17, 15) is 0 Å². The molecule has 0 spiro atoms. The van der Waals surface area contributed by atoms with E-state index >= 15 is 0 Å². The average Bonchev–Trinajstić information content (AvgIpc) is 2.55. The number of ether oxygens (including phenoxy) is 1. The van der Waals surface area contributed by atoms with Gasteiger partial charge >= 0.3 is 0 Å². The molecule has 2 bridgehead atoms. The van der Waals surface area contributed by atoms with E-state index in [4.69, 9.17) is 10.5 Å². The van der Waals surface area contributed by atoms with E-state index in [1.165, 1.54) is 32.1 Å². The maximum Gasteiger partial charge on any atom is 0.0707 e. The lowest BCUT2D eigenvalue weighted by molar-refractivity contribution is -0.0398. The molecule has 2 N–H and O–H groups in total. The summed E-state index contributed by atoms with van der Waals surface area (Å²) >= 11 is 0. The molecule has 15 heavy (non-hydrogen) atoms. The summed E-state index contributed by atoms with van der Waals surface area (Å²) in [6.45, 7) is 5.50. The van der Waals surface area contributed by atoms with Crippen LogP contribution in [0, 0.1) is 0 Å². The fourth-order valence-electron chi connectivity index (χ4n) is 2.74. The van der Waals surface area contributed by atoms with E-state index < -0.39 is 0 Å². The molecule has 88 valence electrons. The van der Waals surface area contributed by atoms with Crippen molar-refractivity contribution in [3.8, 4) is 0 Å². The van der Waals surface area contributed by atoms with Crippen LogP contribution in [0.3, 0.4) is 0 Å². The van der Waals surface area contributed by atoms with Gasteiger partial charge in [-0.2, -0.15) is 0 Å². The van der Waals surface area contributed by atoms with E-state index in [0.29, 0.717) is 18.2 Å². The molecule has 3 atom stereocenters. The molecule has 0 aromatic carbocycles. The SMILES string of the molecule is CCCCC(N)CN1CC2CCC(C1)O2. The van der Waals surface area contributed by atoms with Gasteiger partial charge in [-0.05, 0) is 19.3 Å². The minimum absolute atomic E-state index is 0.363. The molecule has 3 heteroatoms. The zero-order valence-electron chi connectivity index (χ0n) is 9.82. The topological polar surface area (TPSA) is 38.5 Å². The van der Waals surface area contributed by atoms with Gasteiger partial charge in [0, 0.05) is 25.7 Å². The van der Waals surface area contributed by atoms with Crippen molar-refractivity contribution in [1.82, 2.24) is 4.90 Å². The molecule has 2 rings (SSSR count). The van der Waals surface area contributed by atoms with Gasteiger partial charge in [0.15, 0.2) is 0 Å². The molecule has 0 aliphatic carbocycles. The van der Waals surface area contributed by atoms with E-state index in [1.807, 2.05) is 0 Å². The Labute approximate surface area is 93.0 Å². The zero-order valence-corrected chi connectivity index (χ0v) is 9.82. The molecular formula is C12H24N2O. The lowest BCUT2D eigenvalue weighted by atomic mass is 10.1. The third-order valence-corrected chi connectivity index (χ3v) is 3.54. The highest BCUT2D eigenvalue weighted by Crippen LogP contribution is 2.26. The van der Waals surface area contributed by atoms with Gasteiger partial charge in [0.1, 0.15) is 0 Å². The van der Waals surface area contributed by atoms with E-state index in [2.05, 4.69) is 11.8 Å². The number of unbranched alkanes of at least 4 members (excludes halogenated alkanes) is 1. The van der Waals surface area contributed by atoms with Crippen LogP contribution in [0.5, 0.6) is 0 Å². The highest BCUT2D eigenvalue weighted by Gasteiger charge is 2.33. The van der Waals surface area contributed by atoms with Crippen molar-refractivity contribution < 1.29 is 4.74 Å². The van der Waals surface area contributed by atoms with Gasteiger partial charge in [0.05, 0.1) is 12.2 Å². The van der Waals surface area contributed by atoms with Gasteiger partial charge in [-0.25, -0.2) is 0 Å². The monoisotopic (exact) mass is 212 g/mol. The Morgan fingerprint density at radius 1 is 1.33 bits per heavy atom. The number of hydrogen-bond acceptors (Lipinski definition) is 3. The highest BCUT2D eigenvalue weighted by atomic mass is 16.5. The summed E-state index contributed by atoms with van der Waals surface area (Å²) in [6, 6.07) is 0.363. The Bertz CT molecular complexity index is 186. The maximum absolute atomic E-state index is 6.12. The van der Waals surface area contributed by atoms with Crippen molar-refractivity contribution in [3.63, 3.8) is 0 Å². The molecule has 0 aromatic rings. The van der Waals surface area contributed by atoms with Crippen molar-refractivity contribution in [3.05, 3.63) is 0 Å². The number of likely N-dealkylation sites (tertiary alicyclic amines) is 1. The van der Waals surface area contributed by atoms with Crippen LogP contribution in [0.15, 0.2) is 0 Å². The fraction of sp³-hybridized carbons (Fsp3) is 1.00. The van der Waals surface area contributed by atoms with Crippen LogP contribution in [0.2, 0.25) is 0 Å². The first-order chi connectivity index (χ1) is 7.28.